The first-order valence-electron chi connectivity index (χ1n) is 11.4. The van der Waals surface area contributed by atoms with Crippen LogP contribution in [0.15, 0.2) is 121 Å². The fourth-order valence-electron chi connectivity index (χ4n) is 6.25. The van der Waals surface area contributed by atoms with E-state index in [0.717, 1.165) is 17.8 Å². The molecule has 1 spiro atoms. The average Bonchev–Trinajstić information content (AvgIpc) is 3.32. The first kappa shape index (κ1) is 17.8. The van der Waals surface area contributed by atoms with Crippen molar-refractivity contribution in [3.63, 3.8) is 0 Å². The lowest BCUT2D eigenvalue weighted by molar-refractivity contribution is 0.708. The number of hydrogen-bond donors (Lipinski definition) is 1. The molecule has 152 valence electrons. The monoisotopic (exact) mass is 409 g/mol. The molecule has 0 saturated heterocycles. The molecule has 1 N–H and O–H groups in total. The van der Waals surface area contributed by atoms with Gasteiger partial charge in [-0.1, -0.05) is 91.0 Å². The fraction of sp³-hybridized carbons (Fsp3) is 0.0968. The van der Waals surface area contributed by atoms with Gasteiger partial charge in [0.1, 0.15) is 0 Å². The maximum Gasteiger partial charge on any atom is 0.0686 e. The topological polar surface area (TPSA) is 12.0 Å². The Morgan fingerprint density at radius 3 is 2.31 bits per heavy atom. The van der Waals surface area contributed by atoms with Gasteiger partial charge in [-0.2, -0.15) is 0 Å². The average molecular weight is 410 g/mol. The van der Waals surface area contributed by atoms with E-state index in [-0.39, 0.29) is 5.41 Å². The SMILES string of the molecule is C1=CCC2C(=C1)C1(c3ccccc3-c3ccc(Nc4ccccc4)cc31)c1ccccc12. The van der Waals surface area contributed by atoms with E-state index in [9.17, 15) is 0 Å². The number of benzene rings is 4. The summed E-state index contributed by atoms with van der Waals surface area (Å²) in [7, 11) is 0. The van der Waals surface area contributed by atoms with Crippen molar-refractivity contribution in [3.8, 4) is 11.1 Å². The molecule has 2 atom stereocenters. The number of rotatable bonds is 2. The number of fused-ring (bicyclic) bond motifs is 10. The van der Waals surface area contributed by atoms with Crippen LogP contribution in [0.5, 0.6) is 0 Å². The van der Waals surface area contributed by atoms with Crippen LogP contribution in [0.1, 0.15) is 34.6 Å². The summed E-state index contributed by atoms with van der Waals surface area (Å²) in [6.07, 6.45) is 8.03. The summed E-state index contributed by atoms with van der Waals surface area (Å²) in [6, 6.07) is 35.5. The molecule has 2 unspecified atom stereocenters. The molecule has 7 rings (SSSR count). The maximum absolute atomic E-state index is 3.63. The summed E-state index contributed by atoms with van der Waals surface area (Å²) in [5.74, 6) is 0.445. The van der Waals surface area contributed by atoms with Crippen molar-refractivity contribution in [1.82, 2.24) is 0 Å². The summed E-state index contributed by atoms with van der Waals surface area (Å²) >= 11 is 0. The summed E-state index contributed by atoms with van der Waals surface area (Å²) in [4.78, 5) is 0. The maximum atomic E-state index is 3.63. The summed E-state index contributed by atoms with van der Waals surface area (Å²) < 4.78 is 0. The van der Waals surface area contributed by atoms with Gasteiger partial charge in [-0.05, 0) is 69.6 Å². The Bertz CT molecular complexity index is 1430. The Hall–Kier alpha value is -3.84. The predicted molar refractivity (Wildman–Crippen MR) is 133 cm³/mol. The number of para-hydroxylation sites is 1. The first-order chi connectivity index (χ1) is 15.9. The van der Waals surface area contributed by atoms with E-state index in [1.54, 1.807) is 0 Å². The van der Waals surface area contributed by atoms with Crippen LogP contribution in [0.2, 0.25) is 0 Å². The van der Waals surface area contributed by atoms with Crippen molar-refractivity contribution < 1.29 is 0 Å². The molecule has 3 aliphatic rings. The molecule has 0 saturated carbocycles. The highest BCUT2D eigenvalue weighted by Gasteiger charge is 2.54. The van der Waals surface area contributed by atoms with Crippen molar-refractivity contribution in [2.24, 2.45) is 0 Å². The van der Waals surface area contributed by atoms with Crippen LogP contribution in [-0.2, 0) is 5.41 Å². The Labute approximate surface area is 188 Å². The third-order valence-corrected chi connectivity index (χ3v) is 7.44. The van der Waals surface area contributed by atoms with Crippen molar-refractivity contribution >= 4 is 11.4 Å². The van der Waals surface area contributed by atoms with E-state index in [1.165, 1.54) is 39.0 Å². The molecule has 0 radical (unpaired) electrons. The highest BCUT2D eigenvalue weighted by Crippen LogP contribution is 2.65. The molecule has 0 aromatic heterocycles. The van der Waals surface area contributed by atoms with E-state index in [1.807, 2.05) is 0 Å². The van der Waals surface area contributed by atoms with Gasteiger partial charge in [-0.3, -0.25) is 0 Å². The normalized spacial score (nSPS) is 21.5. The second-order valence-corrected chi connectivity index (χ2v) is 8.97. The van der Waals surface area contributed by atoms with Crippen molar-refractivity contribution in [1.29, 1.82) is 0 Å². The highest BCUT2D eigenvalue weighted by atomic mass is 14.9. The van der Waals surface area contributed by atoms with E-state index < -0.39 is 0 Å². The molecule has 3 aliphatic carbocycles. The predicted octanol–water partition coefficient (Wildman–Crippen LogP) is 7.73. The fourth-order valence-corrected chi connectivity index (χ4v) is 6.25. The molecule has 32 heavy (non-hydrogen) atoms. The molecular formula is C31H23N. The van der Waals surface area contributed by atoms with Gasteiger partial charge < -0.3 is 5.32 Å². The van der Waals surface area contributed by atoms with Crippen molar-refractivity contribution in [2.45, 2.75) is 17.8 Å². The van der Waals surface area contributed by atoms with E-state index in [4.69, 9.17) is 0 Å². The number of nitrogens with one attached hydrogen (secondary N) is 1. The van der Waals surface area contributed by atoms with Gasteiger partial charge in [0.15, 0.2) is 0 Å². The quantitative estimate of drug-likeness (QED) is 0.357. The number of anilines is 2. The summed E-state index contributed by atoms with van der Waals surface area (Å²) in [6.45, 7) is 0. The highest BCUT2D eigenvalue weighted by molar-refractivity contribution is 5.90. The van der Waals surface area contributed by atoms with E-state index in [0.29, 0.717) is 5.92 Å². The summed E-state index contributed by atoms with van der Waals surface area (Å²) in [5, 5.41) is 3.63. The minimum atomic E-state index is -0.216. The molecule has 0 heterocycles. The van der Waals surface area contributed by atoms with Crippen LogP contribution < -0.4 is 5.32 Å². The van der Waals surface area contributed by atoms with Crippen LogP contribution in [-0.4, -0.2) is 0 Å². The number of hydrogen-bond acceptors (Lipinski definition) is 1. The smallest absolute Gasteiger partial charge is 0.0686 e. The molecule has 0 bridgehead atoms. The molecule has 0 fully saturated rings. The van der Waals surface area contributed by atoms with E-state index >= 15 is 0 Å². The Balaban J connectivity index is 1.53. The van der Waals surface area contributed by atoms with Crippen molar-refractivity contribution in [3.05, 3.63) is 143 Å². The van der Waals surface area contributed by atoms with Crippen LogP contribution in [0, 0.1) is 0 Å². The van der Waals surface area contributed by atoms with Gasteiger partial charge in [0.2, 0.25) is 0 Å². The third-order valence-electron chi connectivity index (χ3n) is 7.44. The molecule has 4 aromatic carbocycles. The largest absolute Gasteiger partial charge is 0.356 e. The molecule has 0 amide bonds. The van der Waals surface area contributed by atoms with Gasteiger partial charge in [-0.25, -0.2) is 0 Å². The molecule has 1 nitrogen and oxygen atoms in total. The Kier molecular flexibility index (Phi) is 3.66. The minimum absolute atomic E-state index is 0.216. The van der Waals surface area contributed by atoms with Crippen LogP contribution >= 0.6 is 0 Å². The van der Waals surface area contributed by atoms with Gasteiger partial charge >= 0.3 is 0 Å². The standard InChI is InChI=1S/C31H23N/c1-2-10-21(11-3-1)32-22-18-19-26-25-14-6-9-17-29(25)31(30(26)20-22)27-15-7-4-12-23(27)24-13-5-8-16-28(24)31/h1-12,14-20,24,32H,13H2. The zero-order chi connectivity index (χ0) is 21.1. The lowest BCUT2D eigenvalue weighted by atomic mass is 9.69. The zero-order valence-electron chi connectivity index (χ0n) is 17.8. The minimum Gasteiger partial charge on any atom is -0.356 e. The second-order valence-electron chi connectivity index (χ2n) is 8.97. The van der Waals surface area contributed by atoms with Gasteiger partial charge in [0, 0.05) is 17.3 Å². The summed E-state index contributed by atoms with van der Waals surface area (Å²) in [5.41, 5.74) is 12.0. The van der Waals surface area contributed by atoms with Gasteiger partial charge in [0.25, 0.3) is 0 Å². The molecule has 4 aromatic rings. The molecule has 0 aliphatic heterocycles. The molecule has 1 heteroatoms. The van der Waals surface area contributed by atoms with Gasteiger partial charge in [0.05, 0.1) is 5.41 Å². The second kappa shape index (κ2) is 6.58. The number of allylic oxidation sites excluding steroid dienone is 4. The van der Waals surface area contributed by atoms with Gasteiger partial charge in [-0.15, -0.1) is 0 Å². The Morgan fingerprint density at radius 1 is 0.656 bits per heavy atom. The first-order valence-corrected chi connectivity index (χ1v) is 11.4. The lowest BCUT2D eigenvalue weighted by Crippen LogP contribution is -2.27. The third kappa shape index (κ3) is 2.23. The molecular weight excluding hydrogens is 386 g/mol. The van der Waals surface area contributed by atoms with E-state index in [2.05, 4.69) is 121 Å². The van der Waals surface area contributed by atoms with Crippen LogP contribution in [0.4, 0.5) is 11.4 Å². The Morgan fingerprint density at radius 2 is 1.41 bits per heavy atom. The lowest BCUT2D eigenvalue weighted by Gasteiger charge is -2.33. The van der Waals surface area contributed by atoms with Crippen LogP contribution in [0.25, 0.3) is 11.1 Å². The van der Waals surface area contributed by atoms with Crippen LogP contribution in [0.3, 0.4) is 0 Å². The zero-order valence-corrected chi connectivity index (χ0v) is 17.8. The van der Waals surface area contributed by atoms with Crippen molar-refractivity contribution in [2.75, 3.05) is 5.32 Å².